The van der Waals surface area contributed by atoms with Gasteiger partial charge in [0.2, 0.25) is 0 Å². The van der Waals surface area contributed by atoms with Gasteiger partial charge in [0.05, 0.1) is 0 Å². The number of benzene rings is 3. The maximum atomic E-state index is 12.4. The number of hydrogen-bond donors (Lipinski definition) is 4. The number of alkyl carbamates (subject to hydrolysis) is 1. The van der Waals surface area contributed by atoms with Crippen LogP contribution in [0, 0.1) is 0 Å². The van der Waals surface area contributed by atoms with Crippen molar-refractivity contribution < 1.29 is 29.6 Å². The molecule has 1 atom stereocenters. The number of hydrogen-bond acceptors (Lipinski definition) is 5. The zero-order valence-electron chi connectivity index (χ0n) is 17.9. The van der Waals surface area contributed by atoms with E-state index in [1.807, 2.05) is 48.5 Å². The maximum Gasteiger partial charge on any atom is 0.407 e. The van der Waals surface area contributed by atoms with Gasteiger partial charge >= 0.3 is 12.1 Å². The Balaban J connectivity index is 1.33. The second-order valence-electron chi connectivity index (χ2n) is 8.08. The summed E-state index contributed by atoms with van der Waals surface area (Å²) >= 11 is 0. The molecule has 1 aliphatic carbocycles. The van der Waals surface area contributed by atoms with E-state index < -0.39 is 18.1 Å². The Kier molecular flexibility index (Phi) is 6.49. The highest BCUT2D eigenvalue weighted by Gasteiger charge is 2.29. The molecular formula is C26H25NO6. The van der Waals surface area contributed by atoms with E-state index in [2.05, 4.69) is 5.32 Å². The number of aromatic hydroxyl groups is 2. The van der Waals surface area contributed by atoms with E-state index in [9.17, 15) is 24.9 Å². The van der Waals surface area contributed by atoms with Gasteiger partial charge in [-0.05, 0) is 59.2 Å². The average Bonchev–Trinajstić information content (AvgIpc) is 3.13. The lowest BCUT2D eigenvalue weighted by molar-refractivity contribution is -0.139. The molecule has 0 bridgehead atoms. The van der Waals surface area contributed by atoms with Crippen molar-refractivity contribution in [1.82, 2.24) is 5.32 Å². The van der Waals surface area contributed by atoms with Crippen LogP contribution in [0.2, 0.25) is 0 Å². The zero-order valence-corrected chi connectivity index (χ0v) is 17.9. The number of carboxylic acids is 1. The molecule has 0 aliphatic heterocycles. The predicted molar refractivity (Wildman–Crippen MR) is 122 cm³/mol. The van der Waals surface area contributed by atoms with Gasteiger partial charge in [0.25, 0.3) is 0 Å². The highest BCUT2D eigenvalue weighted by atomic mass is 16.5. The van der Waals surface area contributed by atoms with Crippen LogP contribution >= 0.6 is 0 Å². The first-order valence-electron chi connectivity index (χ1n) is 10.8. The van der Waals surface area contributed by atoms with E-state index in [1.54, 1.807) is 6.07 Å². The van der Waals surface area contributed by atoms with Gasteiger partial charge in [-0.3, -0.25) is 0 Å². The van der Waals surface area contributed by atoms with Crippen molar-refractivity contribution in [2.45, 2.75) is 31.2 Å². The molecular weight excluding hydrogens is 422 g/mol. The highest BCUT2D eigenvalue weighted by Crippen LogP contribution is 2.44. The van der Waals surface area contributed by atoms with Crippen molar-refractivity contribution >= 4 is 12.1 Å². The first-order chi connectivity index (χ1) is 15.9. The number of fused-ring (bicyclic) bond motifs is 3. The smallest absolute Gasteiger partial charge is 0.407 e. The molecule has 0 saturated carbocycles. The third-order valence-electron chi connectivity index (χ3n) is 5.93. The summed E-state index contributed by atoms with van der Waals surface area (Å²) in [5.41, 5.74) is 5.16. The molecule has 0 spiro atoms. The molecule has 3 aromatic rings. The Bertz CT molecular complexity index is 1130. The molecule has 1 amide bonds. The Morgan fingerprint density at radius 1 is 0.909 bits per heavy atom. The van der Waals surface area contributed by atoms with Gasteiger partial charge in [-0.15, -0.1) is 0 Å². The van der Waals surface area contributed by atoms with E-state index in [0.717, 1.165) is 27.8 Å². The predicted octanol–water partition coefficient (Wildman–Crippen LogP) is 4.41. The Morgan fingerprint density at radius 2 is 1.55 bits per heavy atom. The fourth-order valence-corrected chi connectivity index (χ4v) is 4.27. The molecule has 4 rings (SSSR count). The number of phenols is 2. The monoisotopic (exact) mass is 447 g/mol. The van der Waals surface area contributed by atoms with Crippen LogP contribution in [-0.2, 0) is 16.0 Å². The number of amides is 1. The van der Waals surface area contributed by atoms with Crippen LogP contribution in [-0.4, -0.2) is 40.0 Å². The van der Waals surface area contributed by atoms with Crippen LogP contribution in [0.1, 0.15) is 35.4 Å². The van der Waals surface area contributed by atoms with Crippen LogP contribution in [0.25, 0.3) is 11.1 Å². The van der Waals surface area contributed by atoms with Crippen molar-refractivity contribution in [2.24, 2.45) is 0 Å². The van der Waals surface area contributed by atoms with Crippen LogP contribution in [0.4, 0.5) is 4.79 Å². The maximum absolute atomic E-state index is 12.4. The van der Waals surface area contributed by atoms with Gasteiger partial charge in [0, 0.05) is 5.92 Å². The second-order valence-corrected chi connectivity index (χ2v) is 8.08. The van der Waals surface area contributed by atoms with Crippen LogP contribution in [0.5, 0.6) is 11.5 Å². The first kappa shape index (κ1) is 22.2. The summed E-state index contributed by atoms with van der Waals surface area (Å²) in [7, 11) is 0. The fourth-order valence-electron chi connectivity index (χ4n) is 4.27. The van der Waals surface area contributed by atoms with Gasteiger partial charge < -0.3 is 25.4 Å². The van der Waals surface area contributed by atoms with Gasteiger partial charge in [0.15, 0.2) is 11.5 Å². The highest BCUT2D eigenvalue weighted by molar-refractivity contribution is 5.81. The Morgan fingerprint density at radius 3 is 2.15 bits per heavy atom. The summed E-state index contributed by atoms with van der Waals surface area (Å²) < 4.78 is 5.44. The largest absolute Gasteiger partial charge is 0.504 e. The third kappa shape index (κ3) is 4.92. The molecule has 0 heterocycles. The van der Waals surface area contributed by atoms with Crippen molar-refractivity contribution in [1.29, 1.82) is 0 Å². The van der Waals surface area contributed by atoms with Crippen molar-refractivity contribution in [3.05, 3.63) is 83.4 Å². The topological polar surface area (TPSA) is 116 Å². The molecule has 0 radical (unpaired) electrons. The van der Waals surface area contributed by atoms with E-state index >= 15 is 0 Å². The number of carbonyl (C=O) groups is 2. The lowest BCUT2D eigenvalue weighted by atomic mass is 9.98. The Labute approximate surface area is 191 Å². The molecule has 0 aromatic heterocycles. The number of phenolic OH excluding ortho intramolecular Hbond substituents is 2. The molecule has 7 nitrogen and oxygen atoms in total. The number of aryl methyl sites for hydroxylation is 1. The number of carboxylic acid groups (broad SMARTS) is 1. The van der Waals surface area contributed by atoms with Crippen molar-refractivity contribution in [2.75, 3.05) is 6.61 Å². The molecule has 0 fully saturated rings. The lowest BCUT2D eigenvalue weighted by Gasteiger charge is -2.17. The number of aliphatic carboxylic acids is 1. The third-order valence-corrected chi connectivity index (χ3v) is 5.93. The molecule has 0 saturated heterocycles. The van der Waals surface area contributed by atoms with E-state index in [1.165, 1.54) is 12.1 Å². The van der Waals surface area contributed by atoms with Gasteiger partial charge in [-0.25, -0.2) is 9.59 Å². The van der Waals surface area contributed by atoms with E-state index in [4.69, 9.17) is 4.74 Å². The summed E-state index contributed by atoms with van der Waals surface area (Å²) in [6.45, 7) is 0.110. The zero-order chi connectivity index (χ0) is 23.4. The van der Waals surface area contributed by atoms with Crippen LogP contribution in [0.3, 0.4) is 0 Å². The van der Waals surface area contributed by atoms with Crippen LogP contribution in [0.15, 0.2) is 66.7 Å². The number of nitrogens with one attached hydrogen (secondary N) is 1. The summed E-state index contributed by atoms with van der Waals surface area (Å²) in [4.78, 5) is 24.0. The average molecular weight is 447 g/mol. The Hall–Kier alpha value is -4.00. The minimum atomic E-state index is -1.14. The molecule has 3 aromatic carbocycles. The molecule has 33 heavy (non-hydrogen) atoms. The summed E-state index contributed by atoms with van der Waals surface area (Å²) in [6.07, 6.45) is 0.377. The van der Waals surface area contributed by atoms with Gasteiger partial charge in [-0.2, -0.15) is 0 Å². The number of carbonyl (C=O) groups excluding carboxylic acids is 1. The minimum absolute atomic E-state index is 0.103. The normalized spacial score (nSPS) is 13.1. The van der Waals surface area contributed by atoms with Crippen LogP contribution < -0.4 is 5.32 Å². The number of rotatable bonds is 8. The summed E-state index contributed by atoms with van der Waals surface area (Å²) in [5.74, 6) is -1.68. The van der Waals surface area contributed by atoms with Gasteiger partial charge in [-0.1, -0.05) is 54.6 Å². The SMILES string of the molecule is O=C(NC(CCCc1ccc(O)c(O)c1)C(=O)O)OCC1c2ccccc2-c2ccccc21. The lowest BCUT2D eigenvalue weighted by Crippen LogP contribution is -2.41. The minimum Gasteiger partial charge on any atom is -0.504 e. The number of ether oxygens (including phenoxy) is 1. The van der Waals surface area contributed by atoms with Crippen molar-refractivity contribution in [3.8, 4) is 22.6 Å². The van der Waals surface area contributed by atoms with Gasteiger partial charge in [0.1, 0.15) is 12.6 Å². The quantitative estimate of drug-likeness (QED) is 0.380. The van der Waals surface area contributed by atoms with E-state index in [0.29, 0.717) is 12.8 Å². The summed E-state index contributed by atoms with van der Waals surface area (Å²) in [6, 6.07) is 19.4. The van der Waals surface area contributed by atoms with E-state index in [-0.39, 0.29) is 30.4 Å². The fraction of sp³-hybridized carbons (Fsp3) is 0.231. The second kappa shape index (κ2) is 9.65. The molecule has 4 N–H and O–H groups in total. The first-order valence-corrected chi connectivity index (χ1v) is 10.8. The molecule has 1 aliphatic rings. The summed E-state index contributed by atoms with van der Waals surface area (Å²) in [5, 5.41) is 30.9. The molecule has 170 valence electrons. The molecule has 7 heteroatoms. The van der Waals surface area contributed by atoms with Crippen molar-refractivity contribution in [3.63, 3.8) is 0 Å². The standard InChI is InChI=1S/C26H25NO6/c28-23-13-12-16(14-24(23)29)6-5-11-22(25(30)31)27-26(32)33-15-21-19-9-3-1-7-17(19)18-8-2-4-10-20(18)21/h1-4,7-10,12-14,21-22,28-29H,5-6,11,15H2,(H,27,32)(H,30,31). The molecule has 1 unspecified atom stereocenters.